The van der Waals surface area contributed by atoms with Gasteiger partial charge in [-0.25, -0.2) is 12.8 Å². The van der Waals surface area contributed by atoms with Gasteiger partial charge in [0.15, 0.2) is 0 Å². The van der Waals surface area contributed by atoms with Crippen molar-refractivity contribution in [1.82, 2.24) is 9.62 Å². The second kappa shape index (κ2) is 6.42. The van der Waals surface area contributed by atoms with Gasteiger partial charge >= 0.3 is 0 Å². The Labute approximate surface area is 126 Å². The lowest BCUT2D eigenvalue weighted by Gasteiger charge is -2.34. The molecule has 1 aliphatic heterocycles. The summed E-state index contributed by atoms with van der Waals surface area (Å²) in [6.07, 6.45) is 1.04. The predicted molar refractivity (Wildman–Crippen MR) is 80.9 cm³/mol. The van der Waals surface area contributed by atoms with Crippen molar-refractivity contribution in [3.8, 4) is 0 Å². The van der Waals surface area contributed by atoms with Crippen LogP contribution in [0.3, 0.4) is 0 Å². The fourth-order valence-corrected chi connectivity index (χ4v) is 4.72. The maximum absolute atomic E-state index is 13.7. The first-order valence-corrected chi connectivity index (χ1v) is 8.71. The largest absolute Gasteiger partial charge is 0.316 e. The Balaban J connectivity index is 2.33. The molecule has 21 heavy (non-hydrogen) atoms. The van der Waals surface area contributed by atoms with E-state index < -0.39 is 10.0 Å². The van der Waals surface area contributed by atoms with Crippen LogP contribution in [0, 0.1) is 17.7 Å². The van der Waals surface area contributed by atoms with Crippen LogP contribution >= 0.6 is 0 Å². The van der Waals surface area contributed by atoms with Crippen molar-refractivity contribution >= 4 is 10.0 Å². The van der Waals surface area contributed by atoms with Crippen LogP contribution in [0.4, 0.5) is 4.39 Å². The third-order valence-electron chi connectivity index (χ3n) is 3.86. The minimum absolute atomic E-state index is 0.176. The number of sulfonamides is 1. The molecule has 0 aromatic heterocycles. The first-order chi connectivity index (χ1) is 9.84. The number of benzene rings is 1. The van der Waals surface area contributed by atoms with E-state index in [1.165, 1.54) is 22.5 Å². The standard InChI is InChI=1S/C15H23FN2O2S/c1-11-6-12(2)10-18(9-11)21(19,20)14-4-5-15(16)13(7-14)8-17-3/h4-5,7,11-12,17H,6,8-10H2,1-3H3. The van der Waals surface area contributed by atoms with Crippen LogP contribution in [0.1, 0.15) is 25.8 Å². The monoisotopic (exact) mass is 314 g/mol. The zero-order valence-electron chi connectivity index (χ0n) is 12.8. The van der Waals surface area contributed by atoms with Gasteiger partial charge in [0.05, 0.1) is 4.90 Å². The second-order valence-corrected chi connectivity index (χ2v) is 7.99. The molecule has 1 aromatic carbocycles. The number of nitrogens with one attached hydrogen (secondary N) is 1. The van der Waals surface area contributed by atoms with E-state index in [0.29, 0.717) is 37.0 Å². The van der Waals surface area contributed by atoms with E-state index in [2.05, 4.69) is 19.2 Å². The van der Waals surface area contributed by atoms with Gasteiger partial charge in [-0.2, -0.15) is 4.31 Å². The highest BCUT2D eigenvalue weighted by Crippen LogP contribution is 2.27. The molecule has 1 aliphatic rings. The zero-order chi connectivity index (χ0) is 15.6. The molecule has 0 amide bonds. The Hall–Kier alpha value is -0.980. The summed E-state index contributed by atoms with van der Waals surface area (Å²) in [6.45, 7) is 5.50. The number of piperidine rings is 1. The molecule has 0 radical (unpaired) electrons. The first-order valence-electron chi connectivity index (χ1n) is 7.27. The second-order valence-electron chi connectivity index (χ2n) is 6.05. The highest BCUT2D eigenvalue weighted by atomic mass is 32.2. The molecule has 1 fully saturated rings. The van der Waals surface area contributed by atoms with Gasteiger partial charge in [0.1, 0.15) is 5.82 Å². The van der Waals surface area contributed by atoms with Crippen LogP contribution in [-0.4, -0.2) is 32.9 Å². The Bertz CT molecular complexity index is 594. The van der Waals surface area contributed by atoms with E-state index in [1.807, 2.05) is 0 Å². The molecule has 0 saturated carbocycles. The molecule has 1 N–H and O–H groups in total. The number of rotatable bonds is 4. The van der Waals surface area contributed by atoms with Crippen molar-refractivity contribution in [3.63, 3.8) is 0 Å². The van der Waals surface area contributed by atoms with Gasteiger partial charge in [0.25, 0.3) is 0 Å². The van der Waals surface area contributed by atoms with Gasteiger partial charge in [-0.1, -0.05) is 13.8 Å². The van der Waals surface area contributed by atoms with Gasteiger partial charge < -0.3 is 5.32 Å². The normalized spacial score (nSPS) is 24.2. The van der Waals surface area contributed by atoms with E-state index in [4.69, 9.17) is 0 Å². The molecular formula is C15H23FN2O2S. The number of hydrogen-bond acceptors (Lipinski definition) is 3. The molecule has 0 aliphatic carbocycles. The minimum Gasteiger partial charge on any atom is -0.316 e. The summed E-state index contributed by atoms with van der Waals surface area (Å²) >= 11 is 0. The van der Waals surface area contributed by atoms with Gasteiger partial charge in [-0.3, -0.25) is 0 Å². The summed E-state index contributed by atoms with van der Waals surface area (Å²) in [5.74, 6) is 0.310. The number of nitrogens with zero attached hydrogens (tertiary/aromatic N) is 1. The van der Waals surface area contributed by atoms with Crippen LogP contribution in [0.15, 0.2) is 23.1 Å². The number of hydrogen-bond donors (Lipinski definition) is 1. The van der Waals surface area contributed by atoms with Crippen LogP contribution < -0.4 is 5.32 Å². The molecule has 2 rings (SSSR count). The van der Waals surface area contributed by atoms with Crippen LogP contribution in [0.2, 0.25) is 0 Å². The fraction of sp³-hybridized carbons (Fsp3) is 0.600. The Morgan fingerprint density at radius 2 is 1.90 bits per heavy atom. The molecule has 118 valence electrons. The van der Waals surface area contributed by atoms with Crippen molar-refractivity contribution in [2.24, 2.45) is 11.8 Å². The summed E-state index contributed by atoms with van der Waals surface area (Å²) in [6, 6.07) is 4.02. The molecule has 4 nitrogen and oxygen atoms in total. The average molecular weight is 314 g/mol. The highest BCUT2D eigenvalue weighted by Gasteiger charge is 2.31. The molecule has 1 saturated heterocycles. The van der Waals surface area contributed by atoms with Gasteiger partial charge in [0.2, 0.25) is 10.0 Å². The van der Waals surface area contributed by atoms with E-state index >= 15 is 0 Å². The van der Waals surface area contributed by atoms with Crippen LogP contribution in [0.5, 0.6) is 0 Å². The molecule has 0 bridgehead atoms. The molecule has 6 heteroatoms. The molecule has 0 spiro atoms. The Morgan fingerprint density at radius 3 is 2.48 bits per heavy atom. The maximum atomic E-state index is 13.7. The number of halogens is 1. The van der Waals surface area contributed by atoms with Gasteiger partial charge in [0, 0.05) is 25.2 Å². The van der Waals surface area contributed by atoms with E-state index in [1.54, 1.807) is 7.05 Å². The van der Waals surface area contributed by atoms with Crippen molar-refractivity contribution < 1.29 is 12.8 Å². The maximum Gasteiger partial charge on any atom is 0.243 e. The smallest absolute Gasteiger partial charge is 0.243 e. The van der Waals surface area contributed by atoms with E-state index in [0.717, 1.165) is 6.42 Å². The van der Waals surface area contributed by atoms with Crippen molar-refractivity contribution in [2.75, 3.05) is 20.1 Å². The summed E-state index contributed by atoms with van der Waals surface area (Å²) in [5.41, 5.74) is 0.372. The average Bonchev–Trinajstić information content (AvgIpc) is 2.40. The van der Waals surface area contributed by atoms with Crippen LogP contribution in [0.25, 0.3) is 0 Å². The topological polar surface area (TPSA) is 49.4 Å². The minimum atomic E-state index is -3.55. The SMILES string of the molecule is CNCc1cc(S(=O)(=O)N2CC(C)CC(C)C2)ccc1F. The fourth-order valence-electron chi connectivity index (χ4n) is 2.99. The van der Waals surface area contributed by atoms with Crippen molar-refractivity contribution in [3.05, 3.63) is 29.6 Å². The lowest BCUT2D eigenvalue weighted by Crippen LogP contribution is -2.42. The van der Waals surface area contributed by atoms with E-state index in [9.17, 15) is 12.8 Å². The van der Waals surface area contributed by atoms with Crippen molar-refractivity contribution in [2.45, 2.75) is 31.7 Å². The predicted octanol–water partition coefficient (Wildman–Crippen LogP) is 2.21. The molecule has 1 heterocycles. The van der Waals surface area contributed by atoms with Gasteiger partial charge in [-0.05, 0) is 43.5 Å². The Morgan fingerprint density at radius 1 is 1.29 bits per heavy atom. The lowest BCUT2D eigenvalue weighted by molar-refractivity contribution is 0.222. The molecule has 1 aromatic rings. The Kier molecular flexibility index (Phi) is 5.01. The third kappa shape index (κ3) is 3.62. The van der Waals surface area contributed by atoms with Crippen molar-refractivity contribution in [1.29, 1.82) is 0 Å². The first kappa shape index (κ1) is 16.4. The van der Waals surface area contributed by atoms with Crippen LogP contribution in [-0.2, 0) is 16.6 Å². The molecular weight excluding hydrogens is 291 g/mol. The lowest BCUT2D eigenvalue weighted by atomic mass is 9.94. The summed E-state index contributed by atoms with van der Waals surface area (Å²) in [7, 11) is -1.84. The molecule has 2 unspecified atom stereocenters. The summed E-state index contributed by atoms with van der Waals surface area (Å²) in [4.78, 5) is 0.176. The third-order valence-corrected chi connectivity index (χ3v) is 5.69. The molecule has 2 atom stereocenters. The summed E-state index contributed by atoms with van der Waals surface area (Å²) < 4.78 is 40.7. The quantitative estimate of drug-likeness (QED) is 0.927. The van der Waals surface area contributed by atoms with E-state index in [-0.39, 0.29) is 10.7 Å². The zero-order valence-corrected chi connectivity index (χ0v) is 13.6. The summed E-state index contributed by atoms with van der Waals surface area (Å²) in [5, 5.41) is 2.85. The highest BCUT2D eigenvalue weighted by molar-refractivity contribution is 7.89. The van der Waals surface area contributed by atoms with Gasteiger partial charge in [-0.15, -0.1) is 0 Å².